The van der Waals surface area contributed by atoms with Crippen molar-refractivity contribution in [3.05, 3.63) is 101 Å². The Morgan fingerprint density at radius 1 is 1.04 bits per heavy atom. The van der Waals surface area contributed by atoms with Crippen molar-refractivity contribution >= 4 is 17.6 Å². The summed E-state index contributed by atoms with van der Waals surface area (Å²) in [6.45, 7) is 0.287. The van der Waals surface area contributed by atoms with Gasteiger partial charge < -0.3 is 14.6 Å². The minimum Gasteiger partial charge on any atom is -0.545 e. The lowest BCUT2D eigenvalue weighted by Gasteiger charge is -2.08. The largest absolute Gasteiger partial charge is 0.545 e. The van der Waals surface area contributed by atoms with E-state index >= 15 is 0 Å². The van der Waals surface area contributed by atoms with Crippen LogP contribution in [-0.2, 0) is 6.61 Å². The highest BCUT2D eigenvalue weighted by atomic mass is 19.1. The van der Waals surface area contributed by atoms with Gasteiger partial charge in [-0.25, -0.2) is 4.39 Å². The van der Waals surface area contributed by atoms with E-state index in [1.165, 1.54) is 24.3 Å². The number of carboxylic acids is 1. The van der Waals surface area contributed by atoms with Gasteiger partial charge in [0.25, 0.3) is 0 Å². The molecule has 0 bridgehead atoms. The SMILES string of the molecule is N#C/C(=C\c1ccc(OCc2ccc(C(=O)[O-])cc2)cc1)c1cccc(F)c1. The summed E-state index contributed by atoms with van der Waals surface area (Å²) in [6.07, 6.45) is 1.68. The van der Waals surface area contributed by atoms with Gasteiger partial charge in [-0.15, -0.1) is 0 Å². The number of nitriles is 1. The zero-order chi connectivity index (χ0) is 19.9. The van der Waals surface area contributed by atoms with Crippen LogP contribution in [0.3, 0.4) is 0 Å². The Balaban J connectivity index is 1.67. The van der Waals surface area contributed by atoms with Gasteiger partial charge >= 0.3 is 0 Å². The third kappa shape index (κ3) is 4.83. The molecular formula is C23H15FNO3-. The van der Waals surface area contributed by atoms with Crippen molar-refractivity contribution in [3.8, 4) is 11.8 Å². The second-order valence-corrected chi connectivity index (χ2v) is 6.02. The molecule has 0 amide bonds. The summed E-state index contributed by atoms with van der Waals surface area (Å²) in [5.41, 5.74) is 2.61. The molecule has 0 radical (unpaired) electrons. The number of carboxylic acid groups (broad SMARTS) is 1. The van der Waals surface area contributed by atoms with Gasteiger partial charge in [0.2, 0.25) is 0 Å². The predicted octanol–water partition coefficient (Wildman–Crippen LogP) is 3.83. The van der Waals surface area contributed by atoms with Crippen LogP contribution in [0.5, 0.6) is 5.75 Å². The van der Waals surface area contributed by atoms with Gasteiger partial charge in [-0.1, -0.05) is 48.5 Å². The number of nitrogens with zero attached hydrogens (tertiary/aromatic N) is 1. The van der Waals surface area contributed by atoms with E-state index < -0.39 is 11.8 Å². The molecule has 0 saturated heterocycles. The molecule has 0 fully saturated rings. The summed E-state index contributed by atoms with van der Waals surface area (Å²) >= 11 is 0. The first-order valence-corrected chi connectivity index (χ1v) is 8.46. The molecule has 4 nitrogen and oxygen atoms in total. The third-order valence-electron chi connectivity index (χ3n) is 4.04. The Labute approximate surface area is 161 Å². The monoisotopic (exact) mass is 372 g/mol. The van der Waals surface area contributed by atoms with Crippen LogP contribution in [0.4, 0.5) is 4.39 Å². The van der Waals surface area contributed by atoms with Gasteiger partial charge in [0.05, 0.1) is 17.6 Å². The van der Waals surface area contributed by atoms with E-state index in [9.17, 15) is 19.6 Å². The molecule has 0 aliphatic heterocycles. The number of aromatic carboxylic acids is 1. The maximum atomic E-state index is 13.4. The molecule has 0 N–H and O–H groups in total. The minimum absolute atomic E-state index is 0.117. The summed E-state index contributed by atoms with van der Waals surface area (Å²) in [6, 6.07) is 21.4. The van der Waals surface area contributed by atoms with Gasteiger partial charge in [-0.2, -0.15) is 5.26 Å². The van der Waals surface area contributed by atoms with E-state index in [1.54, 1.807) is 54.6 Å². The molecule has 3 aromatic rings. The number of halogens is 1. The van der Waals surface area contributed by atoms with E-state index in [4.69, 9.17) is 4.74 Å². The van der Waals surface area contributed by atoms with Crippen molar-refractivity contribution < 1.29 is 19.0 Å². The van der Waals surface area contributed by atoms with Crippen molar-refractivity contribution in [2.45, 2.75) is 6.61 Å². The van der Waals surface area contributed by atoms with Crippen molar-refractivity contribution in [1.29, 1.82) is 5.26 Å². The second kappa shape index (κ2) is 8.65. The Kier molecular flexibility index (Phi) is 5.83. The van der Waals surface area contributed by atoms with E-state index in [1.807, 2.05) is 0 Å². The fourth-order valence-electron chi connectivity index (χ4n) is 2.57. The number of hydrogen-bond donors (Lipinski definition) is 0. The van der Waals surface area contributed by atoms with Crippen LogP contribution < -0.4 is 9.84 Å². The molecular weight excluding hydrogens is 357 g/mol. The van der Waals surface area contributed by atoms with Crippen LogP contribution >= 0.6 is 0 Å². The normalized spacial score (nSPS) is 10.9. The lowest BCUT2D eigenvalue weighted by atomic mass is 10.0. The third-order valence-corrected chi connectivity index (χ3v) is 4.04. The molecule has 3 aromatic carbocycles. The van der Waals surface area contributed by atoms with Crippen LogP contribution in [0.15, 0.2) is 72.8 Å². The van der Waals surface area contributed by atoms with E-state index in [0.29, 0.717) is 16.9 Å². The number of allylic oxidation sites excluding steroid dienone is 1. The molecule has 28 heavy (non-hydrogen) atoms. The van der Waals surface area contributed by atoms with Crippen molar-refractivity contribution in [2.75, 3.05) is 0 Å². The molecule has 0 heterocycles. The van der Waals surface area contributed by atoms with Crippen molar-refractivity contribution in [1.82, 2.24) is 0 Å². The highest BCUT2D eigenvalue weighted by Crippen LogP contribution is 2.21. The van der Waals surface area contributed by atoms with Crippen LogP contribution in [-0.4, -0.2) is 5.97 Å². The maximum Gasteiger partial charge on any atom is 0.123 e. The number of rotatable bonds is 6. The van der Waals surface area contributed by atoms with Gasteiger partial charge in [0.1, 0.15) is 18.2 Å². The summed E-state index contributed by atoms with van der Waals surface area (Å²) in [5, 5.41) is 20.1. The number of hydrogen-bond acceptors (Lipinski definition) is 4. The zero-order valence-electron chi connectivity index (χ0n) is 14.8. The van der Waals surface area contributed by atoms with E-state index in [2.05, 4.69) is 6.07 Å². The van der Waals surface area contributed by atoms with Crippen LogP contribution in [0.25, 0.3) is 11.6 Å². The van der Waals surface area contributed by atoms with Crippen molar-refractivity contribution in [2.24, 2.45) is 0 Å². The average molecular weight is 372 g/mol. The second-order valence-electron chi connectivity index (χ2n) is 6.02. The first kappa shape index (κ1) is 18.9. The lowest BCUT2D eigenvalue weighted by Crippen LogP contribution is -2.22. The predicted molar refractivity (Wildman–Crippen MR) is 101 cm³/mol. The van der Waals surface area contributed by atoms with Gasteiger partial charge in [0.15, 0.2) is 0 Å². The molecule has 0 aliphatic rings. The molecule has 0 unspecified atom stereocenters. The van der Waals surface area contributed by atoms with E-state index in [-0.39, 0.29) is 12.2 Å². The number of benzene rings is 3. The molecule has 0 spiro atoms. The first-order chi connectivity index (χ1) is 13.5. The molecule has 0 aliphatic carbocycles. The quantitative estimate of drug-likeness (QED) is 0.487. The summed E-state index contributed by atoms with van der Waals surface area (Å²) in [7, 11) is 0. The molecule has 0 saturated carbocycles. The van der Waals surface area contributed by atoms with Gasteiger partial charge in [0, 0.05) is 0 Å². The van der Waals surface area contributed by atoms with Crippen molar-refractivity contribution in [3.63, 3.8) is 0 Å². The fraction of sp³-hybridized carbons (Fsp3) is 0.0435. The Morgan fingerprint density at radius 2 is 1.75 bits per heavy atom. The van der Waals surface area contributed by atoms with Gasteiger partial charge in [-0.3, -0.25) is 0 Å². The maximum absolute atomic E-state index is 13.4. The first-order valence-electron chi connectivity index (χ1n) is 8.46. The number of ether oxygens (including phenoxy) is 1. The lowest BCUT2D eigenvalue weighted by molar-refractivity contribution is -0.255. The summed E-state index contributed by atoms with van der Waals surface area (Å²) in [4.78, 5) is 10.7. The van der Waals surface area contributed by atoms with E-state index in [0.717, 1.165) is 11.1 Å². The molecule has 3 rings (SSSR count). The highest BCUT2D eigenvalue weighted by molar-refractivity contribution is 5.89. The van der Waals surface area contributed by atoms with Crippen LogP contribution in [0.1, 0.15) is 27.0 Å². The molecule has 0 atom stereocenters. The average Bonchev–Trinajstić information content (AvgIpc) is 2.71. The molecule has 0 aromatic heterocycles. The standard InChI is InChI=1S/C23H16FNO3/c24-21-3-1-2-19(13-21)20(14-25)12-16-6-10-22(11-7-16)28-15-17-4-8-18(9-5-17)23(26)27/h1-13H,15H2,(H,26,27)/p-1/b20-12+. The Bertz CT molecular complexity index is 1050. The number of carbonyl (C=O) groups is 1. The minimum atomic E-state index is -1.22. The topological polar surface area (TPSA) is 73.1 Å². The molecule has 5 heteroatoms. The fourth-order valence-corrected chi connectivity index (χ4v) is 2.57. The summed E-state index contributed by atoms with van der Waals surface area (Å²) < 4.78 is 19.0. The van der Waals surface area contributed by atoms with Crippen LogP contribution in [0.2, 0.25) is 0 Å². The Hall–Kier alpha value is -3.91. The smallest absolute Gasteiger partial charge is 0.123 e. The Morgan fingerprint density at radius 3 is 2.36 bits per heavy atom. The van der Waals surface area contributed by atoms with Crippen LogP contribution in [0, 0.1) is 17.1 Å². The number of carbonyl (C=O) groups excluding carboxylic acids is 1. The van der Waals surface area contributed by atoms with Gasteiger partial charge in [-0.05, 0) is 52.6 Å². The summed E-state index contributed by atoms with van der Waals surface area (Å²) in [5.74, 6) is -0.980. The molecule has 138 valence electrons. The highest BCUT2D eigenvalue weighted by Gasteiger charge is 2.03. The zero-order valence-corrected chi connectivity index (χ0v) is 14.8.